The molecule has 0 radical (unpaired) electrons. The van der Waals surface area contributed by atoms with E-state index in [1.54, 1.807) is 14.0 Å². The third-order valence-electron chi connectivity index (χ3n) is 4.50. The number of benzene rings is 1. The van der Waals surface area contributed by atoms with Crippen molar-refractivity contribution in [3.05, 3.63) is 53.4 Å². The number of hydrogen-bond acceptors (Lipinski definition) is 5. The largest absolute Gasteiger partial charge is 0.496 e. The normalized spacial score (nSPS) is 16.8. The Balaban J connectivity index is 2.16. The monoisotopic (exact) mass is 343 g/mol. The van der Waals surface area contributed by atoms with E-state index in [9.17, 15) is 9.59 Å². The highest BCUT2D eigenvalue weighted by atomic mass is 16.5. The van der Waals surface area contributed by atoms with E-state index in [0.29, 0.717) is 5.57 Å². The highest BCUT2D eigenvalue weighted by molar-refractivity contribution is 5.95. The zero-order valence-corrected chi connectivity index (χ0v) is 15.2. The number of rotatable bonds is 7. The molecule has 0 spiro atoms. The molecule has 134 valence electrons. The smallest absolute Gasteiger partial charge is 0.306 e. The summed E-state index contributed by atoms with van der Waals surface area (Å²) in [6.45, 7) is 4.19. The SMILES string of the molecule is COC(=O)CC1C=CN(CCc2ccccc2OC)C(C)=C1C(C)=O. The predicted octanol–water partition coefficient (Wildman–Crippen LogP) is 3.11. The molecule has 1 atom stereocenters. The molecule has 1 heterocycles. The molecule has 0 aromatic heterocycles. The maximum atomic E-state index is 12.1. The zero-order valence-electron chi connectivity index (χ0n) is 15.2. The number of hydrogen-bond donors (Lipinski definition) is 0. The summed E-state index contributed by atoms with van der Waals surface area (Å²) in [4.78, 5) is 25.8. The maximum Gasteiger partial charge on any atom is 0.306 e. The summed E-state index contributed by atoms with van der Waals surface area (Å²) in [5.74, 6) is 0.301. The molecule has 0 saturated heterocycles. The van der Waals surface area contributed by atoms with Crippen molar-refractivity contribution in [2.45, 2.75) is 26.7 Å². The standard InChI is InChI=1S/C20H25NO4/c1-14-20(15(2)22)17(13-19(23)25-4)10-12-21(14)11-9-16-7-5-6-8-18(16)24-3/h5-8,10,12,17H,9,11,13H2,1-4H3. The van der Waals surface area contributed by atoms with Crippen molar-refractivity contribution in [2.75, 3.05) is 20.8 Å². The molecule has 1 aromatic rings. The summed E-state index contributed by atoms with van der Waals surface area (Å²) in [5.41, 5.74) is 2.68. The van der Waals surface area contributed by atoms with E-state index in [2.05, 4.69) is 4.90 Å². The van der Waals surface area contributed by atoms with Gasteiger partial charge in [-0.3, -0.25) is 9.59 Å². The second-order valence-electron chi connectivity index (χ2n) is 6.04. The average molecular weight is 343 g/mol. The Morgan fingerprint density at radius 1 is 1.20 bits per heavy atom. The van der Waals surface area contributed by atoms with Gasteiger partial charge in [0.25, 0.3) is 0 Å². The van der Waals surface area contributed by atoms with Gasteiger partial charge in [-0.2, -0.15) is 0 Å². The van der Waals surface area contributed by atoms with Crippen molar-refractivity contribution in [3.63, 3.8) is 0 Å². The van der Waals surface area contributed by atoms with Gasteiger partial charge in [-0.25, -0.2) is 0 Å². The lowest BCUT2D eigenvalue weighted by molar-refractivity contribution is -0.141. The molecule has 1 aliphatic heterocycles. The van der Waals surface area contributed by atoms with Crippen molar-refractivity contribution in [1.29, 1.82) is 0 Å². The zero-order chi connectivity index (χ0) is 18.4. The minimum Gasteiger partial charge on any atom is -0.496 e. The van der Waals surface area contributed by atoms with E-state index in [1.807, 2.05) is 43.5 Å². The van der Waals surface area contributed by atoms with Gasteiger partial charge in [0.05, 0.1) is 20.6 Å². The van der Waals surface area contributed by atoms with Crippen LogP contribution < -0.4 is 4.74 Å². The van der Waals surface area contributed by atoms with Crippen molar-refractivity contribution in [1.82, 2.24) is 4.90 Å². The van der Waals surface area contributed by atoms with Crippen molar-refractivity contribution in [2.24, 2.45) is 5.92 Å². The Hall–Kier alpha value is -2.56. The fraction of sp³-hybridized carbons (Fsp3) is 0.400. The van der Waals surface area contributed by atoms with Gasteiger partial charge in [0.2, 0.25) is 0 Å². The van der Waals surface area contributed by atoms with Crippen LogP contribution in [0.3, 0.4) is 0 Å². The van der Waals surface area contributed by atoms with Crippen LogP contribution in [0.25, 0.3) is 0 Å². The molecule has 2 rings (SSSR count). The molecular weight excluding hydrogens is 318 g/mol. The fourth-order valence-electron chi connectivity index (χ4n) is 3.18. The summed E-state index contributed by atoms with van der Waals surface area (Å²) in [7, 11) is 3.02. The Bertz CT molecular complexity index is 705. The topological polar surface area (TPSA) is 55.8 Å². The van der Waals surface area contributed by atoms with Crippen molar-refractivity contribution in [3.8, 4) is 5.75 Å². The quantitative estimate of drug-likeness (QED) is 0.712. The molecule has 5 nitrogen and oxygen atoms in total. The minimum atomic E-state index is -0.316. The third-order valence-corrected chi connectivity index (χ3v) is 4.50. The maximum absolute atomic E-state index is 12.1. The average Bonchev–Trinajstić information content (AvgIpc) is 2.60. The first kappa shape index (κ1) is 18.8. The second kappa shape index (κ2) is 8.51. The van der Waals surface area contributed by atoms with Crippen molar-refractivity contribution < 1.29 is 19.1 Å². The summed E-state index contributed by atoms with van der Waals surface area (Å²) in [6.07, 6.45) is 4.83. The Kier molecular flexibility index (Phi) is 6.39. The Labute approximate surface area is 148 Å². The van der Waals surface area contributed by atoms with E-state index in [1.165, 1.54) is 7.11 Å². The molecule has 1 unspecified atom stereocenters. The van der Waals surface area contributed by atoms with Gasteiger partial charge in [0, 0.05) is 29.9 Å². The lowest BCUT2D eigenvalue weighted by Gasteiger charge is -2.30. The molecule has 0 bridgehead atoms. The summed E-state index contributed by atoms with van der Waals surface area (Å²) >= 11 is 0. The summed E-state index contributed by atoms with van der Waals surface area (Å²) < 4.78 is 10.1. The van der Waals surface area contributed by atoms with Crippen molar-refractivity contribution >= 4 is 11.8 Å². The van der Waals surface area contributed by atoms with Crippen LogP contribution in [-0.4, -0.2) is 37.4 Å². The van der Waals surface area contributed by atoms with Gasteiger partial charge in [0.1, 0.15) is 5.75 Å². The molecule has 25 heavy (non-hydrogen) atoms. The highest BCUT2D eigenvalue weighted by Crippen LogP contribution is 2.29. The van der Waals surface area contributed by atoms with Crippen LogP contribution in [0.4, 0.5) is 0 Å². The molecule has 5 heteroatoms. The summed E-state index contributed by atoms with van der Waals surface area (Å²) in [6, 6.07) is 7.91. The van der Waals surface area contributed by atoms with Gasteiger partial charge in [-0.1, -0.05) is 24.3 Å². The van der Waals surface area contributed by atoms with E-state index < -0.39 is 0 Å². The third kappa shape index (κ3) is 4.50. The molecule has 0 N–H and O–H groups in total. The Morgan fingerprint density at radius 3 is 2.56 bits per heavy atom. The number of carbonyl (C=O) groups is 2. The van der Waals surface area contributed by atoms with Gasteiger partial charge >= 0.3 is 5.97 Å². The summed E-state index contributed by atoms with van der Waals surface area (Å²) in [5, 5.41) is 0. The van der Waals surface area contributed by atoms with Gasteiger partial charge in [0.15, 0.2) is 5.78 Å². The molecule has 0 saturated carbocycles. The minimum absolute atomic E-state index is 0.0157. The number of allylic oxidation sites excluding steroid dienone is 3. The number of methoxy groups -OCH3 is 2. The van der Waals surface area contributed by atoms with E-state index in [-0.39, 0.29) is 24.1 Å². The lowest BCUT2D eigenvalue weighted by atomic mass is 9.88. The first-order chi connectivity index (χ1) is 12.0. The van der Waals surface area contributed by atoms with E-state index in [4.69, 9.17) is 9.47 Å². The number of carbonyl (C=O) groups excluding carboxylic acids is 2. The van der Waals surface area contributed by atoms with Crippen LogP contribution in [0.2, 0.25) is 0 Å². The lowest BCUT2D eigenvalue weighted by Crippen LogP contribution is -2.28. The first-order valence-corrected chi connectivity index (χ1v) is 8.33. The number of ether oxygens (including phenoxy) is 2. The number of esters is 1. The highest BCUT2D eigenvalue weighted by Gasteiger charge is 2.26. The van der Waals surface area contributed by atoms with Gasteiger partial charge < -0.3 is 14.4 Å². The molecule has 1 aromatic carbocycles. The molecule has 1 aliphatic rings. The fourth-order valence-corrected chi connectivity index (χ4v) is 3.18. The van der Waals surface area contributed by atoms with Crippen LogP contribution >= 0.6 is 0 Å². The number of nitrogens with zero attached hydrogens (tertiary/aromatic N) is 1. The predicted molar refractivity (Wildman–Crippen MR) is 96.0 cm³/mol. The van der Waals surface area contributed by atoms with Gasteiger partial charge in [-0.15, -0.1) is 0 Å². The van der Waals surface area contributed by atoms with Crippen LogP contribution in [-0.2, 0) is 20.7 Å². The van der Waals surface area contributed by atoms with E-state index in [0.717, 1.165) is 30.0 Å². The van der Waals surface area contributed by atoms with Crippen LogP contribution in [0.15, 0.2) is 47.8 Å². The van der Waals surface area contributed by atoms with Crippen LogP contribution in [0.5, 0.6) is 5.75 Å². The van der Waals surface area contributed by atoms with Crippen LogP contribution in [0.1, 0.15) is 25.8 Å². The first-order valence-electron chi connectivity index (χ1n) is 8.33. The molecular formula is C20H25NO4. The Morgan fingerprint density at radius 2 is 1.92 bits per heavy atom. The number of para-hydroxylation sites is 1. The number of ketones is 1. The molecule has 0 amide bonds. The number of Topliss-reactive ketones (excluding diaryl/α,β-unsaturated/α-hetero) is 1. The molecule has 0 aliphatic carbocycles. The second-order valence-corrected chi connectivity index (χ2v) is 6.04. The van der Waals surface area contributed by atoms with Crippen LogP contribution in [0, 0.1) is 5.92 Å². The van der Waals surface area contributed by atoms with E-state index >= 15 is 0 Å². The van der Waals surface area contributed by atoms with Gasteiger partial charge in [-0.05, 0) is 31.9 Å². The molecule has 0 fully saturated rings.